The summed E-state index contributed by atoms with van der Waals surface area (Å²) in [6.07, 6.45) is -0.544. The lowest BCUT2D eigenvalue weighted by molar-refractivity contribution is -0.143. The lowest BCUT2D eigenvalue weighted by Crippen LogP contribution is -2.25. The molecular weight excluding hydrogens is 366 g/mol. The molecule has 8 nitrogen and oxygen atoms in total. The Hall–Kier alpha value is -2.85. The highest BCUT2D eigenvalue weighted by atomic mass is 32.1. The molecule has 25 heavy (non-hydrogen) atoms. The third-order valence-corrected chi connectivity index (χ3v) is 5.05. The molecule has 0 spiro atoms. The number of carbonyl (C=O) groups is 3. The largest absolute Gasteiger partial charge is 0.493 e. The quantitative estimate of drug-likeness (QED) is 0.620. The van der Waals surface area contributed by atoms with Crippen molar-refractivity contribution >= 4 is 46.9 Å². The van der Waals surface area contributed by atoms with Crippen LogP contribution in [0.4, 0.5) is 0 Å². The molecule has 0 aliphatic carbocycles. The van der Waals surface area contributed by atoms with E-state index in [9.17, 15) is 24.6 Å². The number of primary amides is 1. The molecule has 128 valence electrons. The van der Waals surface area contributed by atoms with Gasteiger partial charge < -0.3 is 15.9 Å². The molecule has 1 unspecified atom stereocenters. The number of para-hydroxylation sites is 1. The van der Waals surface area contributed by atoms with Crippen molar-refractivity contribution in [2.24, 2.45) is 10.7 Å². The summed E-state index contributed by atoms with van der Waals surface area (Å²) < 4.78 is 0.926. The Morgan fingerprint density at radius 2 is 2.04 bits per heavy atom. The first-order valence-corrected chi connectivity index (χ1v) is 8.22. The van der Waals surface area contributed by atoms with Crippen molar-refractivity contribution in [2.45, 2.75) is 12.5 Å². The summed E-state index contributed by atoms with van der Waals surface area (Å²) in [7, 11) is 0. The number of fused-ring (bicyclic) bond motifs is 1. The Bertz CT molecular complexity index is 1100. The minimum Gasteiger partial charge on any atom is -0.493 e. The fourth-order valence-electron chi connectivity index (χ4n) is 2.58. The molecule has 2 amide bonds. The molecule has 1 aliphatic heterocycles. The average molecular weight is 377 g/mol. The van der Waals surface area contributed by atoms with Crippen LogP contribution in [-0.2, 0) is 14.4 Å². The van der Waals surface area contributed by atoms with Crippen molar-refractivity contribution in [3.63, 3.8) is 0 Å². The molecule has 3 rings (SSSR count). The number of benzene rings is 1. The number of hydrogen-bond acceptors (Lipinski definition) is 6. The van der Waals surface area contributed by atoms with Crippen LogP contribution >= 0.6 is 23.6 Å². The van der Waals surface area contributed by atoms with Crippen molar-refractivity contribution in [3.8, 4) is 5.88 Å². The fourth-order valence-corrected chi connectivity index (χ4v) is 4.02. The normalized spacial score (nSPS) is 14.1. The smallest absolute Gasteiger partial charge is 0.327 e. The second kappa shape index (κ2) is 6.22. The van der Waals surface area contributed by atoms with E-state index in [0.717, 1.165) is 15.9 Å². The van der Waals surface area contributed by atoms with Crippen LogP contribution in [0.25, 0.3) is 5.57 Å². The van der Waals surface area contributed by atoms with Crippen LogP contribution in [0.2, 0.25) is 0 Å². The first-order valence-electron chi connectivity index (χ1n) is 6.99. The number of thiazole rings is 1. The molecule has 2 aromatic rings. The number of aromatic nitrogens is 1. The molecule has 2 heterocycles. The van der Waals surface area contributed by atoms with Crippen LogP contribution in [0.1, 0.15) is 17.3 Å². The van der Waals surface area contributed by atoms with Gasteiger partial charge in [0.25, 0.3) is 5.91 Å². The fraction of sp³-hybridized carbons (Fsp3) is 0.133. The van der Waals surface area contributed by atoms with E-state index in [2.05, 4.69) is 4.99 Å². The van der Waals surface area contributed by atoms with Crippen LogP contribution in [0.3, 0.4) is 0 Å². The lowest BCUT2D eigenvalue weighted by atomic mass is 10.1. The van der Waals surface area contributed by atoms with Gasteiger partial charge in [0.15, 0.2) is 3.95 Å². The predicted octanol–water partition coefficient (Wildman–Crippen LogP) is -0.155. The summed E-state index contributed by atoms with van der Waals surface area (Å²) in [4.78, 5) is 38.9. The highest BCUT2D eigenvalue weighted by Crippen LogP contribution is 2.35. The molecule has 0 radical (unpaired) electrons. The summed E-state index contributed by atoms with van der Waals surface area (Å²) in [5, 5.41) is 20.8. The van der Waals surface area contributed by atoms with Gasteiger partial charge in [-0.15, -0.1) is 11.3 Å². The average Bonchev–Trinajstić information content (AvgIpc) is 3.00. The molecule has 1 aliphatic rings. The predicted molar refractivity (Wildman–Crippen MR) is 90.0 cm³/mol. The second-order valence-electron chi connectivity index (χ2n) is 5.22. The molecule has 1 atom stereocenters. The minimum absolute atomic E-state index is 0.00540. The standard InChI is InChI=1S/C15H11N3O5S2/c16-9(19)5-8(14(22)23)18-13(21)11(25-15(18)24)10-6-3-1-2-4-7(6)17-12(10)20/h1-4,8,21H,5H2,(H2,16,19)(H,22,23). The monoisotopic (exact) mass is 377 g/mol. The highest BCUT2D eigenvalue weighted by Gasteiger charge is 2.31. The van der Waals surface area contributed by atoms with Crippen molar-refractivity contribution in [3.05, 3.63) is 43.7 Å². The van der Waals surface area contributed by atoms with Gasteiger partial charge in [-0.1, -0.05) is 18.2 Å². The first-order chi connectivity index (χ1) is 11.8. The SMILES string of the molecule is NC(=O)CC(C(=O)O)n1c(O)c(C2=c3ccccc3=NC2=O)sc1=S. The maximum absolute atomic E-state index is 12.2. The molecule has 10 heteroatoms. The molecule has 4 N–H and O–H groups in total. The number of amides is 2. The molecule has 0 saturated carbocycles. The Kier molecular flexibility index (Phi) is 4.23. The van der Waals surface area contributed by atoms with E-state index in [1.54, 1.807) is 24.3 Å². The Labute approximate surface area is 149 Å². The van der Waals surface area contributed by atoms with Gasteiger partial charge in [0.05, 0.1) is 17.4 Å². The number of carboxylic acid groups (broad SMARTS) is 1. The number of nitrogens with two attached hydrogens (primary N) is 1. The van der Waals surface area contributed by atoms with Crippen molar-refractivity contribution in [2.75, 3.05) is 0 Å². The highest BCUT2D eigenvalue weighted by molar-refractivity contribution is 7.73. The van der Waals surface area contributed by atoms with E-state index >= 15 is 0 Å². The molecule has 1 aromatic carbocycles. The van der Waals surface area contributed by atoms with Gasteiger partial charge in [0.2, 0.25) is 11.8 Å². The van der Waals surface area contributed by atoms with Crippen molar-refractivity contribution in [1.82, 2.24) is 4.57 Å². The van der Waals surface area contributed by atoms with Crippen LogP contribution in [0.5, 0.6) is 5.88 Å². The maximum Gasteiger partial charge on any atom is 0.327 e. The number of carboxylic acids is 1. The van der Waals surface area contributed by atoms with Crippen LogP contribution in [0.15, 0.2) is 29.3 Å². The van der Waals surface area contributed by atoms with Crippen LogP contribution in [0, 0.1) is 3.95 Å². The lowest BCUT2D eigenvalue weighted by Gasteiger charge is -2.13. The Morgan fingerprint density at radius 1 is 1.36 bits per heavy atom. The van der Waals surface area contributed by atoms with Crippen molar-refractivity contribution < 1.29 is 24.6 Å². The third-order valence-electron chi connectivity index (χ3n) is 3.64. The number of aromatic hydroxyl groups is 1. The van der Waals surface area contributed by atoms with E-state index in [4.69, 9.17) is 18.0 Å². The summed E-state index contributed by atoms with van der Waals surface area (Å²) in [6.45, 7) is 0. The van der Waals surface area contributed by atoms with Gasteiger partial charge >= 0.3 is 5.97 Å². The van der Waals surface area contributed by atoms with Gasteiger partial charge in [-0.3, -0.25) is 14.2 Å². The van der Waals surface area contributed by atoms with E-state index in [1.807, 2.05) is 0 Å². The third kappa shape index (κ3) is 2.85. The van der Waals surface area contributed by atoms with Crippen LogP contribution in [-0.4, -0.2) is 32.6 Å². The number of aliphatic carboxylic acids is 1. The van der Waals surface area contributed by atoms with E-state index < -0.39 is 36.1 Å². The van der Waals surface area contributed by atoms with Gasteiger partial charge in [-0.25, -0.2) is 9.79 Å². The van der Waals surface area contributed by atoms with Gasteiger partial charge in [-0.2, -0.15) is 0 Å². The first kappa shape index (κ1) is 17.0. The molecular formula is C15H11N3O5S2. The van der Waals surface area contributed by atoms with Gasteiger partial charge in [-0.05, 0) is 18.3 Å². The number of rotatable bonds is 5. The summed E-state index contributed by atoms with van der Waals surface area (Å²) in [5.41, 5.74) is 5.23. The number of hydrogen-bond donors (Lipinski definition) is 3. The minimum atomic E-state index is -1.46. The second-order valence-corrected chi connectivity index (χ2v) is 6.87. The zero-order valence-electron chi connectivity index (χ0n) is 12.5. The molecule has 1 aromatic heterocycles. The van der Waals surface area contributed by atoms with E-state index in [1.165, 1.54) is 0 Å². The molecule has 0 bridgehead atoms. The number of nitrogens with zero attached hydrogens (tertiary/aromatic N) is 2. The summed E-state index contributed by atoms with van der Waals surface area (Å²) >= 11 is 6.01. The zero-order valence-corrected chi connectivity index (χ0v) is 14.1. The molecule has 0 saturated heterocycles. The topological polar surface area (TPSA) is 135 Å². The number of carbonyl (C=O) groups excluding carboxylic acids is 2. The van der Waals surface area contributed by atoms with Gasteiger partial charge in [0, 0.05) is 5.22 Å². The summed E-state index contributed by atoms with van der Waals surface area (Å²) in [6, 6.07) is 5.30. The zero-order chi connectivity index (χ0) is 18.3. The Balaban J connectivity index is 2.25. The van der Waals surface area contributed by atoms with E-state index in [-0.39, 0.29) is 14.4 Å². The Morgan fingerprint density at radius 3 is 2.68 bits per heavy atom. The van der Waals surface area contributed by atoms with Gasteiger partial charge in [0.1, 0.15) is 10.9 Å². The maximum atomic E-state index is 12.2. The van der Waals surface area contributed by atoms with Crippen molar-refractivity contribution in [1.29, 1.82) is 0 Å². The summed E-state index contributed by atoms with van der Waals surface area (Å²) in [5.74, 6) is -3.28. The van der Waals surface area contributed by atoms with E-state index in [0.29, 0.717) is 10.6 Å². The van der Waals surface area contributed by atoms with Crippen LogP contribution < -0.4 is 16.3 Å². The molecule has 0 fully saturated rings.